The van der Waals surface area contributed by atoms with Crippen LogP contribution in [0.4, 0.5) is 0 Å². The first-order valence-electron chi connectivity index (χ1n) is 11.8. The van der Waals surface area contributed by atoms with Gasteiger partial charge in [-0.15, -0.1) is 0 Å². The Morgan fingerprint density at radius 2 is 1.94 bits per heavy atom. The molecule has 0 saturated carbocycles. The molecular weight excluding hydrogens is 478 g/mol. The summed E-state index contributed by atoms with van der Waals surface area (Å²) < 4.78 is 6.94. The Balaban J connectivity index is 1.24. The third-order valence-electron chi connectivity index (χ3n) is 6.39. The van der Waals surface area contributed by atoms with E-state index in [0.717, 1.165) is 66.8 Å². The van der Waals surface area contributed by atoms with Gasteiger partial charge in [0.15, 0.2) is 0 Å². The fourth-order valence-electron chi connectivity index (χ4n) is 4.35. The molecule has 6 heteroatoms. The average molecular weight is 510 g/mol. The fourth-order valence-corrected chi connectivity index (χ4v) is 4.74. The van der Waals surface area contributed by atoms with Crippen molar-refractivity contribution in [2.24, 2.45) is 5.92 Å². The molecule has 1 fully saturated rings. The van der Waals surface area contributed by atoms with Crippen LogP contribution in [0, 0.1) is 12.8 Å². The summed E-state index contributed by atoms with van der Waals surface area (Å²) in [6.45, 7) is 6.63. The largest absolute Gasteiger partial charge is 0.441 e. The normalized spacial score (nSPS) is 16.0. The Bertz CT molecular complexity index is 1060. The molecule has 4 rings (SSSR count). The monoisotopic (exact) mass is 509 g/mol. The first kappa shape index (κ1) is 23.7. The van der Waals surface area contributed by atoms with Crippen LogP contribution in [0.1, 0.15) is 43.2 Å². The minimum absolute atomic E-state index is 0.0936. The number of benzene rings is 2. The molecule has 0 spiro atoms. The number of oxazole rings is 1. The quantitative estimate of drug-likeness (QED) is 0.419. The molecule has 1 atom stereocenters. The highest BCUT2D eigenvalue weighted by Crippen LogP contribution is 2.26. The smallest absolute Gasteiger partial charge is 0.226 e. The minimum atomic E-state index is 0.0936. The van der Waals surface area contributed by atoms with Crippen molar-refractivity contribution < 1.29 is 9.21 Å². The molecule has 1 amide bonds. The molecule has 1 aliphatic rings. The number of aryl methyl sites for hydroxylation is 2. The number of likely N-dealkylation sites (tertiary alicyclic amines) is 1. The lowest BCUT2D eigenvalue weighted by Gasteiger charge is -2.31. The number of amides is 1. The van der Waals surface area contributed by atoms with Crippen molar-refractivity contribution >= 4 is 21.8 Å². The van der Waals surface area contributed by atoms with Gasteiger partial charge >= 0.3 is 0 Å². The molecule has 0 aliphatic carbocycles. The van der Waals surface area contributed by atoms with Crippen LogP contribution < -0.4 is 5.32 Å². The molecule has 1 saturated heterocycles. The summed E-state index contributed by atoms with van der Waals surface area (Å²) in [6.07, 6.45) is 3.71. The van der Waals surface area contributed by atoms with E-state index in [4.69, 9.17) is 9.40 Å². The zero-order valence-electron chi connectivity index (χ0n) is 19.4. The first-order valence-corrected chi connectivity index (χ1v) is 12.6. The summed E-state index contributed by atoms with van der Waals surface area (Å²) in [4.78, 5) is 19.9. The summed E-state index contributed by atoms with van der Waals surface area (Å²) in [6, 6.07) is 18.6. The molecule has 33 heavy (non-hydrogen) atoms. The van der Waals surface area contributed by atoms with E-state index in [-0.39, 0.29) is 17.9 Å². The zero-order chi connectivity index (χ0) is 23.2. The third kappa shape index (κ3) is 6.55. The lowest BCUT2D eigenvalue weighted by molar-refractivity contribution is -0.127. The van der Waals surface area contributed by atoms with E-state index in [1.807, 2.05) is 37.3 Å². The fraction of sp³-hybridized carbons (Fsp3) is 0.407. The Hall–Kier alpha value is -2.44. The van der Waals surface area contributed by atoms with Gasteiger partial charge in [-0.2, -0.15) is 0 Å². The Morgan fingerprint density at radius 1 is 1.18 bits per heavy atom. The lowest BCUT2D eigenvalue weighted by Crippen LogP contribution is -2.43. The third-order valence-corrected chi connectivity index (χ3v) is 6.89. The van der Waals surface area contributed by atoms with Crippen LogP contribution in [-0.4, -0.2) is 34.9 Å². The molecule has 5 nitrogen and oxygen atoms in total. The van der Waals surface area contributed by atoms with E-state index in [0.29, 0.717) is 5.89 Å². The number of aromatic nitrogens is 1. The Labute approximate surface area is 204 Å². The molecule has 2 aromatic carbocycles. The van der Waals surface area contributed by atoms with E-state index in [1.165, 1.54) is 5.56 Å². The molecule has 174 valence electrons. The van der Waals surface area contributed by atoms with Gasteiger partial charge in [-0.05, 0) is 76.4 Å². The van der Waals surface area contributed by atoms with E-state index in [9.17, 15) is 4.79 Å². The van der Waals surface area contributed by atoms with Crippen LogP contribution in [0.25, 0.3) is 11.5 Å². The summed E-state index contributed by atoms with van der Waals surface area (Å²) in [5, 5.41) is 3.23. The number of hydrogen-bond donors (Lipinski definition) is 1. The summed E-state index contributed by atoms with van der Waals surface area (Å²) >= 11 is 3.51. The second-order valence-corrected chi connectivity index (χ2v) is 9.93. The second kappa shape index (κ2) is 11.1. The molecular formula is C27H32BrN3O2. The molecule has 3 aromatic rings. The maximum absolute atomic E-state index is 12.8. The van der Waals surface area contributed by atoms with Gasteiger partial charge in [-0.25, -0.2) is 4.98 Å². The molecule has 0 unspecified atom stereocenters. The van der Waals surface area contributed by atoms with Gasteiger partial charge in [0.25, 0.3) is 0 Å². The number of carbonyl (C=O) groups is 1. The van der Waals surface area contributed by atoms with Crippen molar-refractivity contribution in [1.29, 1.82) is 0 Å². The van der Waals surface area contributed by atoms with E-state index >= 15 is 0 Å². The van der Waals surface area contributed by atoms with Crippen molar-refractivity contribution in [2.75, 3.05) is 13.1 Å². The summed E-state index contributed by atoms with van der Waals surface area (Å²) in [5.74, 6) is 1.81. The van der Waals surface area contributed by atoms with Crippen LogP contribution in [0.3, 0.4) is 0 Å². The van der Waals surface area contributed by atoms with Crippen LogP contribution in [0.2, 0.25) is 0 Å². The molecule has 1 aliphatic heterocycles. The predicted molar refractivity (Wildman–Crippen MR) is 135 cm³/mol. The molecule has 1 aromatic heterocycles. The molecule has 0 radical (unpaired) electrons. The highest BCUT2D eigenvalue weighted by atomic mass is 79.9. The van der Waals surface area contributed by atoms with E-state index in [1.54, 1.807) is 0 Å². The van der Waals surface area contributed by atoms with Crippen molar-refractivity contribution in [1.82, 2.24) is 15.2 Å². The molecule has 0 bridgehead atoms. The maximum atomic E-state index is 12.8. The first-order chi connectivity index (χ1) is 16.0. The van der Waals surface area contributed by atoms with Gasteiger partial charge in [0.05, 0.1) is 5.69 Å². The average Bonchev–Trinajstić information content (AvgIpc) is 3.19. The van der Waals surface area contributed by atoms with Crippen LogP contribution >= 0.6 is 15.9 Å². The van der Waals surface area contributed by atoms with Crippen molar-refractivity contribution in [2.45, 2.75) is 52.1 Å². The van der Waals surface area contributed by atoms with Crippen LogP contribution in [-0.2, 0) is 17.8 Å². The van der Waals surface area contributed by atoms with Gasteiger partial charge < -0.3 is 9.73 Å². The summed E-state index contributed by atoms with van der Waals surface area (Å²) in [7, 11) is 0. The SMILES string of the molecule is Cc1oc(-c2cccc(Br)c2)nc1CN1CCC(C(=O)N[C@H](C)CCc2ccccc2)CC1. The Morgan fingerprint density at radius 3 is 2.67 bits per heavy atom. The van der Waals surface area contributed by atoms with Crippen molar-refractivity contribution in [3.63, 3.8) is 0 Å². The zero-order valence-corrected chi connectivity index (χ0v) is 21.0. The topological polar surface area (TPSA) is 58.4 Å². The van der Waals surface area contributed by atoms with Crippen molar-refractivity contribution in [3.8, 4) is 11.5 Å². The van der Waals surface area contributed by atoms with Crippen molar-refractivity contribution in [3.05, 3.63) is 76.1 Å². The second-order valence-electron chi connectivity index (χ2n) is 9.02. The highest BCUT2D eigenvalue weighted by Gasteiger charge is 2.26. The number of piperidine rings is 1. The summed E-state index contributed by atoms with van der Waals surface area (Å²) in [5.41, 5.74) is 3.26. The van der Waals surface area contributed by atoms with E-state index < -0.39 is 0 Å². The minimum Gasteiger partial charge on any atom is -0.441 e. The number of halogens is 1. The number of nitrogens with zero attached hydrogens (tertiary/aromatic N) is 2. The standard InChI is InChI=1S/C27H32BrN3O2/c1-19(11-12-21-7-4-3-5-8-21)29-26(32)22-13-15-31(16-14-22)18-25-20(2)33-27(30-25)23-9-6-10-24(28)17-23/h3-10,17,19,22H,11-16,18H2,1-2H3,(H,29,32)/t19-/m1/s1. The molecule has 2 heterocycles. The van der Waals surface area contributed by atoms with Gasteiger partial charge in [-0.1, -0.05) is 52.3 Å². The van der Waals surface area contributed by atoms with Gasteiger partial charge in [0.1, 0.15) is 5.76 Å². The van der Waals surface area contributed by atoms with E-state index in [2.05, 4.69) is 57.3 Å². The highest BCUT2D eigenvalue weighted by molar-refractivity contribution is 9.10. The Kier molecular flexibility index (Phi) is 7.99. The lowest BCUT2D eigenvalue weighted by atomic mass is 9.95. The maximum Gasteiger partial charge on any atom is 0.226 e. The van der Waals surface area contributed by atoms with Gasteiger partial charge in [0.2, 0.25) is 11.8 Å². The number of rotatable bonds is 8. The van der Waals surface area contributed by atoms with Crippen LogP contribution in [0.15, 0.2) is 63.5 Å². The predicted octanol–water partition coefficient (Wildman–Crippen LogP) is 5.76. The molecule has 1 N–H and O–H groups in total. The number of carbonyl (C=O) groups excluding carboxylic acids is 1. The number of nitrogens with one attached hydrogen (secondary N) is 1. The number of hydrogen-bond acceptors (Lipinski definition) is 4. The van der Waals surface area contributed by atoms with Gasteiger partial charge in [-0.3, -0.25) is 9.69 Å². The van der Waals surface area contributed by atoms with Crippen LogP contribution in [0.5, 0.6) is 0 Å². The van der Waals surface area contributed by atoms with Gasteiger partial charge in [0, 0.05) is 28.5 Å².